The molecule has 2 N–H and O–H groups in total. The Hall–Kier alpha value is -3.48. The minimum absolute atomic E-state index is 0.569. The molecule has 0 fully saturated rings. The van der Waals surface area contributed by atoms with E-state index in [1.807, 2.05) is 54.2 Å². The molecule has 0 spiro atoms. The normalized spacial score (nSPS) is 11.2. The van der Waals surface area contributed by atoms with Crippen molar-refractivity contribution in [3.8, 4) is 11.5 Å². The maximum atomic E-state index is 5.65. The molecule has 1 heterocycles. The summed E-state index contributed by atoms with van der Waals surface area (Å²) in [5.74, 6) is 2.07. The van der Waals surface area contributed by atoms with Gasteiger partial charge in [0.25, 0.3) is 0 Å². The van der Waals surface area contributed by atoms with Crippen molar-refractivity contribution in [2.75, 3.05) is 26.1 Å². The molecule has 7 heteroatoms. The van der Waals surface area contributed by atoms with E-state index in [2.05, 4.69) is 32.9 Å². The van der Waals surface area contributed by atoms with Crippen LogP contribution in [0.5, 0.6) is 11.5 Å². The first kappa shape index (κ1) is 20.3. The van der Waals surface area contributed by atoms with Gasteiger partial charge in [-0.3, -0.25) is 9.67 Å². The van der Waals surface area contributed by atoms with Gasteiger partial charge in [0.05, 0.1) is 20.3 Å². The summed E-state index contributed by atoms with van der Waals surface area (Å²) in [6.45, 7) is 3.89. The standard InChI is InChI=1S/C22H27N5O2/c1-4-29-21-14-19(10-11-20(21)28-3)26-22(23-2)24-15-17-8-5-6-9-18(17)16-27-13-7-12-25-27/h5-14H,4,15-16H2,1-3H3,(H2,23,24,26). The third-order valence-corrected chi connectivity index (χ3v) is 4.41. The van der Waals surface area contributed by atoms with Crippen LogP contribution in [0.4, 0.5) is 5.69 Å². The summed E-state index contributed by atoms with van der Waals surface area (Å²) in [4.78, 5) is 4.33. The zero-order chi connectivity index (χ0) is 20.5. The Morgan fingerprint density at radius 3 is 2.62 bits per heavy atom. The highest BCUT2D eigenvalue weighted by atomic mass is 16.5. The fourth-order valence-corrected chi connectivity index (χ4v) is 2.97. The summed E-state index contributed by atoms with van der Waals surface area (Å²) in [6.07, 6.45) is 3.75. The van der Waals surface area contributed by atoms with Crippen LogP contribution in [0.2, 0.25) is 0 Å². The number of aliphatic imine (C=N–C) groups is 1. The summed E-state index contributed by atoms with van der Waals surface area (Å²) >= 11 is 0. The third kappa shape index (κ3) is 5.51. The van der Waals surface area contributed by atoms with E-state index >= 15 is 0 Å². The zero-order valence-corrected chi connectivity index (χ0v) is 17.1. The molecule has 0 bridgehead atoms. The highest BCUT2D eigenvalue weighted by molar-refractivity contribution is 5.93. The number of anilines is 1. The molecule has 2 aromatic carbocycles. The molecular weight excluding hydrogens is 366 g/mol. The van der Waals surface area contributed by atoms with Crippen LogP contribution in [0.25, 0.3) is 0 Å². The molecule has 0 aliphatic rings. The van der Waals surface area contributed by atoms with E-state index in [1.54, 1.807) is 20.4 Å². The second-order valence-corrected chi connectivity index (χ2v) is 6.32. The summed E-state index contributed by atoms with van der Waals surface area (Å²) in [7, 11) is 3.38. The van der Waals surface area contributed by atoms with E-state index in [0.717, 1.165) is 12.2 Å². The Kier molecular flexibility index (Phi) is 7.10. The van der Waals surface area contributed by atoms with Crippen molar-refractivity contribution < 1.29 is 9.47 Å². The van der Waals surface area contributed by atoms with Crippen molar-refractivity contribution in [1.29, 1.82) is 0 Å². The van der Waals surface area contributed by atoms with E-state index in [1.165, 1.54) is 11.1 Å². The number of methoxy groups -OCH3 is 1. The molecule has 0 aliphatic carbocycles. The number of benzene rings is 2. The smallest absolute Gasteiger partial charge is 0.195 e. The third-order valence-electron chi connectivity index (χ3n) is 4.41. The summed E-state index contributed by atoms with van der Waals surface area (Å²) in [5.41, 5.74) is 3.27. The summed E-state index contributed by atoms with van der Waals surface area (Å²) in [6, 6.07) is 15.9. The van der Waals surface area contributed by atoms with Crippen LogP contribution in [-0.2, 0) is 13.1 Å². The number of rotatable bonds is 8. The van der Waals surface area contributed by atoms with Crippen LogP contribution < -0.4 is 20.1 Å². The van der Waals surface area contributed by atoms with Crippen LogP contribution in [0.3, 0.4) is 0 Å². The number of nitrogens with zero attached hydrogens (tertiary/aromatic N) is 3. The Bertz CT molecular complexity index is 938. The minimum Gasteiger partial charge on any atom is -0.493 e. The van der Waals surface area contributed by atoms with Gasteiger partial charge in [-0.05, 0) is 36.2 Å². The van der Waals surface area contributed by atoms with E-state index < -0.39 is 0 Å². The predicted octanol–water partition coefficient (Wildman–Crippen LogP) is 3.53. The molecule has 0 aliphatic heterocycles. The summed E-state index contributed by atoms with van der Waals surface area (Å²) in [5, 5.41) is 11.0. The second kappa shape index (κ2) is 10.2. The topological polar surface area (TPSA) is 72.7 Å². The van der Waals surface area contributed by atoms with Gasteiger partial charge in [0.15, 0.2) is 17.5 Å². The Balaban J connectivity index is 1.67. The van der Waals surface area contributed by atoms with E-state index in [9.17, 15) is 0 Å². The molecule has 29 heavy (non-hydrogen) atoms. The molecular formula is C22H27N5O2. The zero-order valence-electron chi connectivity index (χ0n) is 17.1. The molecule has 3 rings (SSSR count). The van der Waals surface area contributed by atoms with E-state index in [4.69, 9.17) is 9.47 Å². The molecule has 1 aromatic heterocycles. The largest absolute Gasteiger partial charge is 0.493 e. The lowest BCUT2D eigenvalue weighted by atomic mass is 10.1. The monoisotopic (exact) mass is 393 g/mol. The van der Waals surface area contributed by atoms with Gasteiger partial charge in [-0.15, -0.1) is 0 Å². The van der Waals surface area contributed by atoms with Gasteiger partial charge in [-0.1, -0.05) is 24.3 Å². The number of aromatic nitrogens is 2. The average molecular weight is 393 g/mol. The molecule has 3 aromatic rings. The summed E-state index contributed by atoms with van der Waals surface area (Å²) < 4.78 is 12.9. The van der Waals surface area contributed by atoms with Gasteiger partial charge in [0.2, 0.25) is 0 Å². The van der Waals surface area contributed by atoms with Crippen LogP contribution in [-0.4, -0.2) is 36.5 Å². The van der Waals surface area contributed by atoms with Crippen LogP contribution >= 0.6 is 0 Å². The maximum absolute atomic E-state index is 5.65. The molecule has 0 atom stereocenters. The SMILES string of the molecule is CCOc1cc(NC(=NC)NCc2ccccc2Cn2cccn2)ccc1OC. The molecule has 0 saturated heterocycles. The van der Waals surface area contributed by atoms with E-state index in [0.29, 0.717) is 30.6 Å². The van der Waals surface area contributed by atoms with Crippen molar-refractivity contribution in [1.82, 2.24) is 15.1 Å². The Labute approximate surface area is 171 Å². The number of hydrogen-bond donors (Lipinski definition) is 2. The van der Waals surface area contributed by atoms with Gasteiger partial charge in [-0.2, -0.15) is 5.10 Å². The van der Waals surface area contributed by atoms with Gasteiger partial charge >= 0.3 is 0 Å². The first-order chi connectivity index (χ1) is 14.2. The van der Waals surface area contributed by atoms with Crippen molar-refractivity contribution >= 4 is 11.6 Å². The first-order valence-corrected chi connectivity index (χ1v) is 9.56. The van der Waals surface area contributed by atoms with Gasteiger partial charge in [0, 0.05) is 37.7 Å². The second-order valence-electron chi connectivity index (χ2n) is 6.32. The number of guanidine groups is 1. The van der Waals surface area contributed by atoms with Crippen molar-refractivity contribution in [2.24, 2.45) is 4.99 Å². The number of ether oxygens (including phenoxy) is 2. The molecule has 0 unspecified atom stereocenters. The fraction of sp³-hybridized carbons (Fsp3) is 0.273. The van der Waals surface area contributed by atoms with Crippen molar-refractivity contribution in [3.05, 3.63) is 72.1 Å². The average Bonchev–Trinajstić information content (AvgIpc) is 3.25. The van der Waals surface area contributed by atoms with Crippen LogP contribution in [0, 0.1) is 0 Å². The Morgan fingerprint density at radius 1 is 1.10 bits per heavy atom. The van der Waals surface area contributed by atoms with Crippen LogP contribution in [0.1, 0.15) is 18.1 Å². The highest BCUT2D eigenvalue weighted by Gasteiger charge is 2.08. The van der Waals surface area contributed by atoms with Gasteiger partial charge in [0.1, 0.15) is 0 Å². The fourth-order valence-electron chi connectivity index (χ4n) is 2.97. The first-order valence-electron chi connectivity index (χ1n) is 9.56. The number of nitrogens with one attached hydrogen (secondary N) is 2. The number of hydrogen-bond acceptors (Lipinski definition) is 4. The Morgan fingerprint density at radius 2 is 1.93 bits per heavy atom. The molecule has 0 saturated carbocycles. The molecule has 0 amide bonds. The lowest BCUT2D eigenvalue weighted by molar-refractivity contribution is 0.311. The molecule has 7 nitrogen and oxygen atoms in total. The lowest BCUT2D eigenvalue weighted by Crippen LogP contribution is -2.30. The minimum atomic E-state index is 0.569. The van der Waals surface area contributed by atoms with Gasteiger partial charge in [-0.25, -0.2) is 0 Å². The van der Waals surface area contributed by atoms with Crippen LogP contribution in [0.15, 0.2) is 65.9 Å². The quantitative estimate of drug-likeness (QED) is 0.452. The molecule has 0 radical (unpaired) electrons. The van der Waals surface area contributed by atoms with Gasteiger partial charge < -0.3 is 20.1 Å². The lowest BCUT2D eigenvalue weighted by Gasteiger charge is -2.16. The predicted molar refractivity (Wildman–Crippen MR) is 116 cm³/mol. The van der Waals surface area contributed by atoms with Crippen molar-refractivity contribution in [3.63, 3.8) is 0 Å². The van der Waals surface area contributed by atoms with Crippen molar-refractivity contribution in [2.45, 2.75) is 20.0 Å². The van der Waals surface area contributed by atoms with E-state index in [-0.39, 0.29) is 0 Å². The highest BCUT2D eigenvalue weighted by Crippen LogP contribution is 2.30. The maximum Gasteiger partial charge on any atom is 0.195 e. The molecule has 152 valence electrons.